The number of carbonyl (C=O) groups is 2. The van der Waals surface area contributed by atoms with Gasteiger partial charge in [0.2, 0.25) is 0 Å². The fraction of sp³-hybridized carbons (Fsp3) is 0.111. The number of hydrogen-bond donors (Lipinski definition) is 2. The molecule has 0 spiro atoms. The second-order valence-electron chi connectivity index (χ2n) is 5.54. The third-order valence-electron chi connectivity index (χ3n) is 3.65. The van der Waals surface area contributed by atoms with Gasteiger partial charge in [-0.3, -0.25) is 10.1 Å². The van der Waals surface area contributed by atoms with Crippen LogP contribution in [-0.2, 0) is 11.4 Å². The number of imide groups is 1. The zero-order valence-corrected chi connectivity index (χ0v) is 17.0. The number of methoxy groups -OCH3 is 1. The summed E-state index contributed by atoms with van der Waals surface area (Å²) in [6, 6.07) is 8.13. The lowest BCUT2D eigenvalue weighted by Crippen LogP contribution is -2.22. The van der Waals surface area contributed by atoms with Crippen LogP contribution in [0, 0.1) is 0 Å². The van der Waals surface area contributed by atoms with E-state index in [1.807, 2.05) is 6.07 Å². The summed E-state index contributed by atoms with van der Waals surface area (Å²) in [7, 11) is 1.51. The molecule has 1 heterocycles. The smallest absolute Gasteiger partial charge is 0.326 e. The fourth-order valence-corrected chi connectivity index (χ4v) is 3.29. The molecule has 0 radical (unpaired) electrons. The number of urea groups is 1. The molecular formula is C18H13BrCl2N2O4. The zero-order chi connectivity index (χ0) is 19.6. The van der Waals surface area contributed by atoms with Gasteiger partial charge >= 0.3 is 6.03 Å². The molecule has 3 amide bonds. The second-order valence-corrected chi connectivity index (χ2v) is 7.21. The Bertz CT molecular complexity index is 963. The van der Waals surface area contributed by atoms with Crippen LogP contribution in [0.25, 0.3) is 6.08 Å². The Morgan fingerprint density at radius 3 is 2.52 bits per heavy atom. The Hall–Kier alpha value is -2.22. The van der Waals surface area contributed by atoms with Gasteiger partial charge in [0.15, 0.2) is 11.5 Å². The van der Waals surface area contributed by atoms with Crippen LogP contribution in [0.1, 0.15) is 11.1 Å². The molecule has 0 saturated carbocycles. The summed E-state index contributed by atoms with van der Waals surface area (Å²) in [4.78, 5) is 22.9. The van der Waals surface area contributed by atoms with Crippen LogP contribution >= 0.6 is 39.1 Å². The molecule has 0 aliphatic carbocycles. The van der Waals surface area contributed by atoms with Crippen molar-refractivity contribution < 1.29 is 19.1 Å². The van der Waals surface area contributed by atoms with Gasteiger partial charge in [-0.2, -0.15) is 0 Å². The normalized spacial score (nSPS) is 14.9. The van der Waals surface area contributed by atoms with Crippen molar-refractivity contribution in [2.24, 2.45) is 0 Å². The average Bonchev–Trinajstić information content (AvgIpc) is 2.93. The number of carbonyl (C=O) groups excluding carboxylic acids is 2. The molecule has 2 N–H and O–H groups in total. The third-order valence-corrected chi connectivity index (χ3v) is 4.98. The lowest BCUT2D eigenvalue weighted by molar-refractivity contribution is -0.115. The monoisotopic (exact) mass is 470 g/mol. The summed E-state index contributed by atoms with van der Waals surface area (Å²) in [6.45, 7) is 0.255. The minimum Gasteiger partial charge on any atom is -0.493 e. The highest BCUT2D eigenvalue weighted by atomic mass is 79.9. The SMILES string of the molecule is COc1cc(/C=C2/NC(=O)NC2=O)cc(Br)c1OCc1ccc(Cl)c(Cl)c1. The maximum atomic E-state index is 11.7. The van der Waals surface area contributed by atoms with E-state index in [-0.39, 0.29) is 12.3 Å². The Morgan fingerprint density at radius 1 is 1.11 bits per heavy atom. The van der Waals surface area contributed by atoms with Crippen LogP contribution in [0.3, 0.4) is 0 Å². The number of rotatable bonds is 5. The zero-order valence-electron chi connectivity index (χ0n) is 13.9. The van der Waals surface area contributed by atoms with Crippen molar-refractivity contribution in [2.45, 2.75) is 6.61 Å². The quantitative estimate of drug-likeness (QED) is 0.496. The first-order valence-corrected chi connectivity index (χ1v) is 9.20. The van der Waals surface area contributed by atoms with E-state index in [9.17, 15) is 9.59 Å². The highest BCUT2D eigenvalue weighted by Gasteiger charge is 2.23. The van der Waals surface area contributed by atoms with Crippen molar-refractivity contribution in [3.05, 3.63) is 61.7 Å². The molecule has 2 aromatic rings. The summed E-state index contributed by atoms with van der Waals surface area (Å²) in [6.07, 6.45) is 1.54. The van der Waals surface area contributed by atoms with Crippen molar-refractivity contribution in [1.82, 2.24) is 10.6 Å². The number of benzene rings is 2. The molecule has 27 heavy (non-hydrogen) atoms. The molecule has 9 heteroatoms. The highest BCUT2D eigenvalue weighted by molar-refractivity contribution is 9.10. The summed E-state index contributed by atoms with van der Waals surface area (Å²) in [5.41, 5.74) is 1.64. The highest BCUT2D eigenvalue weighted by Crippen LogP contribution is 2.38. The molecule has 0 aromatic heterocycles. The summed E-state index contributed by atoms with van der Waals surface area (Å²) in [5, 5.41) is 5.49. The Balaban J connectivity index is 1.84. The van der Waals surface area contributed by atoms with E-state index in [1.165, 1.54) is 13.2 Å². The van der Waals surface area contributed by atoms with E-state index in [1.54, 1.807) is 24.3 Å². The van der Waals surface area contributed by atoms with Crippen LogP contribution in [-0.4, -0.2) is 19.0 Å². The lowest BCUT2D eigenvalue weighted by Gasteiger charge is -2.14. The van der Waals surface area contributed by atoms with Gasteiger partial charge in [-0.1, -0.05) is 29.3 Å². The van der Waals surface area contributed by atoms with E-state index in [0.717, 1.165) is 5.56 Å². The second kappa shape index (κ2) is 8.21. The first-order valence-electron chi connectivity index (χ1n) is 7.65. The molecule has 3 rings (SSSR count). The van der Waals surface area contributed by atoms with Gasteiger partial charge in [-0.05, 0) is 57.4 Å². The lowest BCUT2D eigenvalue weighted by atomic mass is 10.1. The van der Waals surface area contributed by atoms with Gasteiger partial charge in [0.05, 0.1) is 21.6 Å². The van der Waals surface area contributed by atoms with Crippen LogP contribution < -0.4 is 20.1 Å². The number of hydrogen-bond acceptors (Lipinski definition) is 4. The summed E-state index contributed by atoms with van der Waals surface area (Å²) >= 11 is 15.4. The molecule has 2 aromatic carbocycles. The molecular weight excluding hydrogens is 459 g/mol. The Kier molecular flexibility index (Phi) is 5.94. The van der Waals surface area contributed by atoms with E-state index in [0.29, 0.717) is 31.6 Å². The average molecular weight is 472 g/mol. The van der Waals surface area contributed by atoms with Gasteiger partial charge in [0.1, 0.15) is 12.3 Å². The van der Waals surface area contributed by atoms with Gasteiger partial charge < -0.3 is 14.8 Å². The van der Waals surface area contributed by atoms with Crippen molar-refractivity contribution in [2.75, 3.05) is 7.11 Å². The van der Waals surface area contributed by atoms with Crippen LogP contribution in [0.2, 0.25) is 10.0 Å². The van der Waals surface area contributed by atoms with Crippen LogP contribution in [0.15, 0.2) is 40.5 Å². The Morgan fingerprint density at radius 2 is 1.89 bits per heavy atom. The fourth-order valence-electron chi connectivity index (χ4n) is 2.40. The molecule has 1 aliphatic heterocycles. The van der Waals surface area contributed by atoms with Crippen molar-refractivity contribution in [1.29, 1.82) is 0 Å². The van der Waals surface area contributed by atoms with Gasteiger partial charge in [-0.15, -0.1) is 0 Å². The molecule has 0 unspecified atom stereocenters. The van der Waals surface area contributed by atoms with Crippen LogP contribution in [0.5, 0.6) is 11.5 Å². The molecule has 1 aliphatic rings. The van der Waals surface area contributed by atoms with Gasteiger partial charge in [0.25, 0.3) is 5.91 Å². The number of nitrogens with one attached hydrogen (secondary N) is 2. The van der Waals surface area contributed by atoms with Crippen molar-refractivity contribution >= 4 is 57.1 Å². The van der Waals surface area contributed by atoms with Crippen molar-refractivity contribution in [3.8, 4) is 11.5 Å². The van der Waals surface area contributed by atoms with E-state index in [4.69, 9.17) is 32.7 Å². The largest absolute Gasteiger partial charge is 0.493 e. The molecule has 140 valence electrons. The summed E-state index contributed by atoms with van der Waals surface area (Å²) < 4.78 is 11.9. The predicted molar refractivity (Wildman–Crippen MR) is 106 cm³/mol. The number of amides is 3. The standard InChI is InChI=1S/C18H13BrCl2N2O4/c1-26-15-7-10(6-14-17(24)23-18(25)22-14)4-11(19)16(15)27-8-9-2-3-12(20)13(21)5-9/h2-7H,8H2,1H3,(H2,22,23,24,25)/b14-6+. The maximum absolute atomic E-state index is 11.7. The topological polar surface area (TPSA) is 76.7 Å². The minimum absolute atomic E-state index is 0.151. The Labute approximate surface area is 173 Å². The maximum Gasteiger partial charge on any atom is 0.326 e. The van der Waals surface area contributed by atoms with E-state index >= 15 is 0 Å². The molecule has 1 saturated heterocycles. The van der Waals surface area contributed by atoms with Gasteiger partial charge in [0, 0.05) is 0 Å². The van der Waals surface area contributed by atoms with E-state index < -0.39 is 11.9 Å². The molecule has 0 bridgehead atoms. The molecule has 6 nitrogen and oxygen atoms in total. The molecule has 1 fully saturated rings. The minimum atomic E-state index is -0.557. The number of ether oxygens (including phenoxy) is 2. The predicted octanol–water partition coefficient (Wildman–Crippen LogP) is 4.52. The summed E-state index contributed by atoms with van der Waals surface area (Å²) in [5.74, 6) is 0.460. The van der Waals surface area contributed by atoms with E-state index in [2.05, 4.69) is 26.6 Å². The van der Waals surface area contributed by atoms with Crippen molar-refractivity contribution in [3.63, 3.8) is 0 Å². The number of halogens is 3. The van der Waals surface area contributed by atoms with Crippen LogP contribution in [0.4, 0.5) is 4.79 Å². The first kappa shape index (κ1) is 19.5. The molecule has 0 atom stereocenters. The van der Waals surface area contributed by atoms with Gasteiger partial charge in [-0.25, -0.2) is 4.79 Å². The third kappa shape index (κ3) is 4.55. The first-order chi connectivity index (χ1) is 12.9.